The predicted molar refractivity (Wildman–Crippen MR) is 114 cm³/mol. The molecule has 0 saturated heterocycles. The Balaban J connectivity index is 1.47. The van der Waals surface area contributed by atoms with Crippen LogP contribution >= 0.6 is 11.6 Å². The number of halogens is 2. The summed E-state index contributed by atoms with van der Waals surface area (Å²) in [5, 5.41) is 5.42. The van der Waals surface area contributed by atoms with Gasteiger partial charge in [-0.2, -0.15) is 5.10 Å². The van der Waals surface area contributed by atoms with Crippen LogP contribution in [0.4, 0.5) is 4.39 Å². The monoisotopic (exact) mass is 405 g/mol. The lowest BCUT2D eigenvalue weighted by atomic mass is 10.1. The lowest BCUT2D eigenvalue weighted by Crippen LogP contribution is -2.17. The minimum absolute atomic E-state index is 0.240. The van der Waals surface area contributed by atoms with Gasteiger partial charge in [-0.15, -0.1) is 0 Å². The van der Waals surface area contributed by atoms with Crippen molar-refractivity contribution in [2.45, 2.75) is 6.54 Å². The molecule has 0 aliphatic rings. The SMILES string of the molecule is O=C(N/N=C/c1ccc2c(ccn2Cc2cccc(F)c2)c1)c1ccccc1Cl. The first-order valence-corrected chi connectivity index (χ1v) is 9.39. The van der Waals surface area contributed by atoms with E-state index in [-0.39, 0.29) is 11.7 Å². The topological polar surface area (TPSA) is 46.4 Å². The lowest BCUT2D eigenvalue weighted by molar-refractivity contribution is 0.0955. The number of fused-ring (bicyclic) bond motifs is 1. The van der Waals surface area contributed by atoms with E-state index >= 15 is 0 Å². The van der Waals surface area contributed by atoms with E-state index in [1.807, 2.05) is 36.5 Å². The number of amides is 1. The van der Waals surface area contributed by atoms with Crippen LogP contribution in [0.2, 0.25) is 5.02 Å². The summed E-state index contributed by atoms with van der Waals surface area (Å²) in [6.45, 7) is 0.586. The van der Waals surface area contributed by atoms with Crippen LogP contribution in [0.3, 0.4) is 0 Å². The van der Waals surface area contributed by atoms with E-state index < -0.39 is 0 Å². The van der Waals surface area contributed by atoms with Crippen LogP contribution < -0.4 is 5.43 Å². The van der Waals surface area contributed by atoms with Crippen LogP contribution in [-0.2, 0) is 6.54 Å². The third-order valence-electron chi connectivity index (χ3n) is 4.54. The highest BCUT2D eigenvalue weighted by atomic mass is 35.5. The minimum Gasteiger partial charge on any atom is -0.343 e. The van der Waals surface area contributed by atoms with Crippen molar-refractivity contribution in [2.75, 3.05) is 0 Å². The van der Waals surface area contributed by atoms with E-state index in [0.717, 1.165) is 22.0 Å². The average molecular weight is 406 g/mol. The number of aromatic nitrogens is 1. The summed E-state index contributed by atoms with van der Waals surface area (Å²) in [5.41, 5.74) is 5.64. The highest BCUT2D eigenvalue weighted by Crippen LogP contribution is 2.19. The third-order valence-corrected chi connectivity index (χ3v) is 4.86. The van der Waals surface area contributed by atoms with Gasteiger partial charge in [0.05, 0.1) is 16.8 Å². The van der Waals surface area contributed by atoms with Crippen molar-refractivity contribution in [1.29, 1.82) is 0 Å². The van der Waals surface area contributed by atoms with Crippen LogP contribution in [0, 0.1) is 5.82 Å². The van der Waals surface area contributed by atoms with E-state index in [4.69, 9.17) is 11.6 Å². The average Bonchev–Trinajstić information content (AvgIpc) is 3.10. The lowest BCUT2D eigenvalue weighted by Gasteiger charge is -2.06. The second-order valence-electron chi connectivity index (χ2n) is 6.57. The summed E-state index contributed by atoms with van der Waals surface area (Å²) in [6.07, 6.45) is 3.55. The van der Waals surface area contributed by atoms with E-state index in [1.165, 1.54) is 12.1 Å². The molecule has 1 N–H and O–H groups in total. The zero-order valence-corrected chi connectivity index (χ0v) is 16.1. The number of hydrogen-bond donors (Lipinski definition) is 1. The highest BCUT2D eigenvalue weighted by molar-refractivity contribution is 6.33. The van der Waals surface area contributed by atoms with Gasteiger partial charge in [-0.25, -0.2) is 9.82 Å². The predicted octanol–water partition coefficient (Wildman–Crippen LogP) is 5.25. The smallest absolute Gasteiger partial charge is 0.272 e. The zero-order chi connectivity index (χ0) is 20.2. The van der Waals surface area contributed by atoms with Gasteiger partial charge >= 0.3 is 0 Å². The molecule has 4 rings (SSSR count). The van der Waals surface area contributed by atoms with Gasteiger partial charge in [0.1, 0.15) is 5.82 Å². The number of carbonyl (C=O) groups excluding carboxylic acids is 1. The van der Waals surface area contributed by atoms with Crippen LogP contribution in [0.15, 0.2) is 84.1 Å². The summed E-state index contributed by atoms with van der Waals surface area (Å²) in [7, 11) is 0. The molecular formula is C23H17ClFN3O. The Hall–Kier alpha value is -3.44. The third kappa shape index (κ3) is 4.36. The Bertz CT molecular complexity index is 1220. The Morgan fingerprint density at radius 3 is 2.76 bits per heavy atom. The molecule has 0 unspecified atom stereocenters. The molecule has 1 aromatic heterocycles. The fraction of sp³-hybridized carbons (Fsp3) is 0.0435. The molecule has 3 aromatic carbocycles. The molecule has 0 saturated carbocycles. The summed E-state index contributed by atoms with van der Waals surface area (Å²) in [4.78, 5) is 12.1. The van der Waals surface area contributed by atoms with Gasteiger partial charge in [-0.3, -0.25) is 4.79 Å². The molecule has 29 heavy (non-hydrogen) atoms. The van der Waals surface area contributed by atoms with Gasteiger partial charge in [0.15, 0.2) is 0 Å². The summed E-state index contributed by atoms with van der Waals surface area (Å²) < 4.78 is 15.5. The second-order valence-corrected chi connectivity index (χ2v) is 6.98. The van der Waals surface area contributed by atoms with Gasteiger partial charge in [-0.05, 0) is 53.6 Å². The van der Waals surface area contributed by atoms with Crippen molar-refractivity contribution in [2.24, 2.45) is 5.10 Å². The number of nitrogens with one attached hydrogen (secondary N) is 1. The molecule has 1 heterocycles. The Morgan fingerprint density at radius 1 is 1.07 bits per heavy atom. The van der Waals surface area contributed by atoms with Crippen molar-refractivity contribution in [3.63, 3.8) is 0 Å². The van der Waals surface area contributed by atoms with Crippen molar-refractivity contribution < 1.29 is 9.18 Å². The first kappa shape index (κ1) is 18.9. The number of hydrazone groups is 1. The molecule has 0 aliphatic heterocycles. The Morgan fingerprint density at radius 2 is 1.93 bits per heavy atom. The molecule has 0 fully saturated rings. The van der Waals surface area contributed by atoms with E-state index in [0.29, 0.717) is 17.1 Å². The fourth-order valence-corrected chi connectivity index (χ4v) is 3.36. The first-order chi connectivity index (χ1) is 14.1. The first-order valence-electron chi connectivity index (χ1n) is 9.01. The normalized spacial score (nSPS) is 11.2. The molecule has 1 amide bonds. The van der Waals surface area contributed by atoms with Crippen LogP contribution in [0.25, 0.3) is 10.9 Å². The molecule has 144 valence electrons. The number of rotatable bonds is 5. The minimum atomic E-state index is -0.367. The summed E-state index contributed by atoms with van der Waals surface area (Å²) >= 11 is 6.01. The molecule has 4 aromatic rings. The quantitative estimate of drug-likeness (QED) is 0.358. The van der Waals surface area contributed by atoms with Crippen LogP contribution in [0.1, 0.15) is 21.5 Å². The number of benzene rings is 3. The number of nitrogens with zero attached hydrogens (tertiary/aromatic N) is 2. The molecule has 6 heteroatoms. The number of carbonyl (C=O) groups is 1. The standard InChI is InChI=1S/C23H17ClFN3O/c24-21-7-2-1-6-20(21)23(29)27-26-14-16-8-9-22-18(12-16)10-11-28(22)15-17-4-3-5-19(25)13-17/h1-14H,15H2,(H,27,29)/b26-14+. The van der Waals surface area contributed by atoms with E-state index in [2.05, 4.69) is 15.1 Å². The van der Waals surface area contributed by atoms with Gasteiger partial charge in [-0.1, -0.05) is 41.9 Å². The van der Waals surface area contributed by atoms with Gasteiger partial charge in [0.2, 0.25) is 0 Å². The second kappa shape index (κ2) is 8.29. The molecule has 0 spiro atoms. The van der Waals surface area contributed by atoms with Crippen molar-refractivity contribution in [1.82, 2.24) is 9.99 Å². The van der Waals surface area contributed by atoms with Crippen molar-refractivity contribution in [3.05, 3.63) is 107 Å². The largest absolute Gasteiger partial charge is 0.343 e. The molecule has 0 bridgehead atoms. The molecule has 4 nitrogen and oxygen atoms in total. The summed E-state index contributed by atoms with van der Waals surface area (Å²) in [6, 6.07) is 21.2. The molecule has 0 atom stereocenters. The van der Waals surface area contributed by atoms with Crippen molar-refractivity contribution in [3.8, 4) is 0 Å². The summed E-state index contributed by atoms with van der Waals surface area (Å²) in [5.74, 6) is -0.606. The van der Waals surface area contributed by atoms with Gasteiger partial charge in [0, 0.05) is 23.6 Å². The fourth-order valence-electron chi connectivity index (χ4n) is 3.14. The Kier molecular flexibility index (Phi) is 5.40. The zero-order valence-electron chi connectivity index (χ0n) is 15.3. The molecule has 0 aliphatic carbocycles. The highest BCUT2D eigenvalue weighted by Gasteiger charge is 2.08. The van der Waals surface area contributed by atoms with E-state index in [9.17, 15) is 9.18 Å². The van der Waals surface area contributed by atoms with Gasteiger partial charge < -0.3 is 4.57 Å². The van der Waals surface area contributed by atoms with Crippen molar-refractivity contribution >= 4 is 34.6 Å². The molecular weight excluding hydrogens is 389 g/mol. The van der Waals surface area contributed by atoms with Gasteiger partial charge in [0.25, 0.3) is 5.91 Å². The Labute approximate surface area is 172 Å². The van der Waals surface area contributed by atoms with E-state index in [1.54, 1.807) is 36.5 Å². The van der Waals surface area contributed by atoms with Crippen LogP contribution in [-0.4, -0.2) is 16.7 Å². The maximum absolute atomic E-state index is 13.4. The van der Waals surface area contributed by atoms with Crippen LogP contribution in [0.5, 0.6) is 0 Å². The maximum atomic E-state index is 13.4. The maximum Gasteiger partial charge on any atom is 0.272 e. The number of hydrogen-bond acceptors (Lipinski definition) is 2. The molecule has 0 radical (unpaired) electrons.